The number of methoxy groups -OCH3 is 1. The SMILES string of the molecule is CCC[C@H](C)Nc1ccc(OC)c(Cl)c1. The quantitative estimate of drug-likeness (QED) is 0.823. The maximum atomic E-state index is 6.03. The summed E-state index contributed by atoms with van der Waals surface area (Å²) in [6.45, 7) is 4.35. The molecule has 0 unspecified atom stereocenters. The molecular weight excluding hydrogens is 210 g/mol. The van der Waals surface area contributed by atoms with Crippen LogP contribution in [-0.4, -0.2) is 13.2 Å². The first-order valence-electron chi connectivity index (χ1n) is 5.27. The van der Waals surface area contributed by atoms with Gasteiger partial charge in [0.25, 0.3) is 0 Å². The van der Waals surface area contributed by atoms with Gasteiger partial charge in [0.1, 0.15) is 5.75 Å². The Balaban J connectivity index is 2.66. The van der Waals surface area contributed by atoms with Crippen molar-refractivity contribution in [3.8, 4) is 5.75 Å². The second kappa shape index (κ2) is 5.86. The predicted octanol–water partition coefficient (Wildman–Crippen LogP) is 3.95. The van der Waals surface area contributed by atoms with Crippen LogP contribution in [-0.2, 0) is 0 Å². The minimum absolute atomic E-state index is 0.472. The van der Waals surface area contributed by atoms with Crippen molar-refractivity contribution in [2.75, 3.05) is 12.4 Å². The molecule has 84 valence electrons. The van der Waals surface area contributed by atoms with E-state index < -0.39 is 0 Å². The van der Waals surface area contributed by atoms with Gasteiger partial charge in [0.2, 0.25) is 0 Å². The number of rotatable bonds is 5. The van der Waals surface area contributed by atoms with Gasteiger partial charge in [-0.2, -0.15) is 0 Å². The number of nitrogens with one attached hydrogen (secondary N) is 1. The summed E-state index contributed by atoms with van der Waals surface area (Å²) in [6, 6.07) is 6.23. The molecule has 1 aromatic carbocycles. The smallest absolute Gasteiger partial charge is 0.137 e. The summed E-state index contributed by atoms with van der Waals surface area (Å²) in [6.07, 6.45) is 2.34. The van der Waals surface area contributed by atoms with Crippen LogP contribution < -0.4 is 10.1 Å². The minimum atomic E-state index is 0.472. The largest absolute Gasteiger partial charge is 0.495 e. The summed E-state index contributed by atoms with van der Waals surface area (Å²) < 4.78 is 5.09. The van der Waals surface area contributed by atoms with Crippen molar-refractivity contribution in [2.24, 2.45) is 0 Å². The molecule has 0 aromatic heterocycles. The molecule has 2 nitrogen and oxygen atoms in total. The highest BCUT2D eigenvalue weighted by molar-refractivity contribution is 6.32. The molecule has 1 atom stereocenters. The first-order chi connectivity index (χ1) is 7.17. The van der Waals surface area contributed by atoms with E-state index in [4.69, 9.17) is 16.3 Å². The van der Waals surface area contributed by atoms with E-state index in [-0.39, 0.29) is 0 Å². The Morgan fingerprint density at radius 3 is 2.73 bits per heavy atom. The Bertz CT molecular complexity index is 314. The van der Waals surface area contributed by atoms with Crippen molar-refractivity contribution in [2.45, 2.75) is 32.7 Å². The number of benzene rings is 1. The molecule has 0 radical (unpaired) electrons. The molecule has 0 fully saturated rings. The third-order valence-electron chi connectivity index (χ3n) is 2.29. The molecule has 1 aromatic rings. The summed E-state index contributed by atoms with van der Waals surface area (Å²) in [5, 5.41) is 4.04. The third kappa shape index (κ3) is 3.63. The lowest BCUT2D eigenvalue weighted by Crippen LogP contribution is -2.14. The van der Waals surface area contributed by atoms with Crippen molar-refractivity contribution >= 4 is 17.3 Å². The molecular formula is C12H18ClNO. The molecule has 0 aliphatic carbocycles. The maximum absolute atomic E-state index is 6.03. The van der Waals surface area contributed by atoms with Crippen LogP contribution in [0, 0.1) is 0 Å². The van der Waals surface area contributed by atoms with Gasteiger partial charge in [-0.15, -0.1) is 0 Å². The zero-order valence-electron chi connectivity index (χ0n) is 9.51. The summed E-state index contributed by atoms with van der Waals surface area (Å²) in [5.74, 6) is 0.713. The molecule has 0 heterocycles. The van der Waals surface area contributed by atoms with Gasteiger partial charge in [0, 0.05) is 11.7 Å². The van der Waals surface area contributed by atoms with Crippen LogP contribution in [0.1, 0.15) is 26.7 Å². The molecule has 0 aliphatic heterocycles. The standard InChI is InChI=1S/C12H18ClNO/c1-4-5-9(2)14-10-6-7-12(15-3)11(13)8-10/h6-9,14H,4-5H2,1-3H3/t9-/m0/s1. The highest BCUT2D eigenvalue weighted by Crippen LogP contribution is 2.27. The molecule has 0 aliphatic rings. The van der Waals surface area contributed by atoms with Crippen molar-refractivity contribution in [1.82, 2.24) is 0 Å². The van der Waals surface area contributed by atoms with Crippen LogP contribution in [0.4, 0.5) is 5.69 Å². The van der Waals surface area contributed by atoms with E-state index in [1.165, 1.54) is 6.42 Å². The van der Waals surface area contributed by atoms with Crippen molar-refractivity contribution in [3.05, 3.63) is 23.2 Å². The molecule has 0 saturated heterocycles. The predicted molar refractivity (Wildman–Crippen MR) is 66.0 cm³/mol. The van der Waals surface area contributed by atoms with E-state index in [2.05, 4.69) is 19.2 Å². The normalized spacial score (nSPS) is 12.3. The number of hydrogen-bond acceptors (Lipinski definition) is 2. The van der Waals surface area contributed by atoms with E-state index in [1.54, 1.807) is 7.11 Å². The van der Waals surface area contributed by atoms with Gasteiger partial charge in [-0.05, 0) is 31.5 Å². The van der Waals surface area contributed by atoms with Crippen LogP contribution in [0.2, 0.25) is 5.02 Å². The third-order valence-corrected chi connectivity index (χ3v) is 2.58. The number of hydrogen-bond donors (Lipinski definition) is 1. The zero-order chi connectivity index (χ0) is 11.3. The number of ether oxygens (including phenoxy) is 1. The fraction of sp³-hybridized carbons (Fsp3) is 0.500. The molecule has 15 heavy (non-hydrogen) atoms. The first-order valence-corrected chi connectivity index (χ1v) is 5.65. The summed E-state index contributed by atoms with van der Waals surface area (Å²) >= 11 is 6.03. The van der Waals surface area contributed by atoms with Crippen LogP contribution in [0.3, 0.4) is 0 Å². The van der Waals surface area contributed by atoms with E-state index in [1.807, 2.05) is 18.2 Å². The van der Waals surface area contributed by atoms with Gasteiger partial charge in [0.05, 0.1) is 12.1 Å². The van der Waals surface area contributed by atoms with Gasteiger partial charge >= 0.3 is 0 Å². The second-order valence-corrected chi connectivity index (χ2v) is 4.09. The molecule has 1 rings (SSSR count). The Morgan fingerprint density at radius 2 is 2.20 bits per heavy atom. The lowest BCUT2D eigenvalue weighted by Gasteiger charge is -2.15. The van der Waals surface area contributed by atoms with Crippen molar-refractivity contribution in [1.29, 1.82) is 0 Å². The fourth-order valence-electron chi connectivity index (χ4n) is 1.55. The van der Waals surface area contributed by atoms with E-state index in [0.29, 0.717) is 16.8 Å². The summed E-state index contributed by atoms with van der Waals surface area (Å²) in [7, 11) is 1.62. The van der Waals surface area contributed by atoms with Gasteiger partial charge in [0.15, 0.2) is 0 Å². The van der Waals surface area contributed by atoms with E-state index >= 15 is 0 Å². The number of anilines is 1. The molecule has 3 heteroatoms. The monoisotopic (exact) mass is 227 g/mol. The van der Waals surface area contributed by atoms with Crippen LogP contribution in [0.15, 0.2) is 18.2 Å². The Kier molecular flexibility index (Phi) is 4.76. The Labute approximate surface area is 96.6 Å². The highest BCUT2D eigenvalue weighted by Gasteiger charge is 2.04. The zero-order valence-corrected chi connectivity index (χ0v) is 10.3. The molecule has 0 spiro atoms. The highest BCUT2D eigenvalue weighted by atomic mass is 35.5. The number of halogens is 1. The van der Waals surface area contributed by atoms with E-state index in [0.717, 1.165) is 12.1 Å². The first kappa shape index (κ1) is 12.2. The minimum Gasteiger partial charge on any atom is -0.495 e. The molecule has 0 amide bonds. The Morgan fingerprint density at radius 1 is 1.47 bits per heavy atom. The van der Waals surface area contributed by atoms with Gasteiger partial charge in [-0.1, -0.05) is 24.9 Å². The van der Waals surface area contributed by atoms with E-state index in [9.17, 15) is 0 Å². The fourth-order valence-corrected chi connectivity index (χ4v) is 1.80. The second-order valence-electron chi connectivity index (χ2n) is 3.68. The van der Waals surface area contributed by atoms with Crippen LogP contribution >= 0.6 is 11.6 Å². The average Bonchev–Trinajstić information content (AvgIpc) is 2.18. The van der Waals surface area contributed by atoms with Gasteiger partial charge in [-0.3, -0.25) is 0 Å². The van der Waals surface area contributed by atoms with Crippen LogP contribution in [0.5, 0.6) is 5.75 Å². The van der Waals surface area contributed by atoms with Crippen LogP contribution in [0.25, 0.3) is 0 Å². The molecule has 0 saturated carbocycles. The van der Waals surface area contributed by atoms with Gasteiger partial charge < -0.3 is 10.1 Å². The maximum Gasteiger partial charge on any atom is 0.137 e. The van der Waals surface area contributed by atoms with Gasteiger partial charge in [-0.25, -0.2) is 0 Å². The topological polar surface area (TPSA) is 21.3 Å². The lowest BCUT2D eigenvalue weighted by molar-refractivity contribution is 0.415. The lowest BCUT2D eigenvalue weighted by atomic mass is 10.2. The summed E-state index contributed by atoms with van der Waals surface area (Å²) in [5.41, 5.74) is 1.04. The summed E-state index contributed by atoms with van der Waals surface area (Å²) in [4.78, 5) is 0. The average molecular weight is 228 g/mol. The molecule has 1 N–H and O–H groups in total. The van der Waals surface area contributed by atoms with Crippen molar-refractivity contribution < 1.29 is 4.74 Å². The Hall–Kier alpha value is -0.890. The van der Waals surface area contributed by atoms with Crippen molar-refractivity contribution in [3.63, 3.8) is 0 Å². The molecule has 0 bridgehead atoms.